The maximum absolute atomic E-state index is 13.8. The first-order valence-corrected chi connectivity index (χ1v) is 13.6. The van der Waals surface area contributed by atoms with Crippen LogP contribution in [0.1, 0.15) is 51.5 Å². The highest BCUT2D eigenvalue weighted by Gasteiger charge is 2.44. The van der Waals surface area contributed by atoms with E-state index in [4.69, 9.17) is 22.1 Å². The van der Waals surface area contributed by atoms with Crippen LogP contribution in [0, 0.1) is 0 Å². The fourth-order valence-corrected chi connectivity index (χ4v) is 5.24. The number of alkyl halides is 9. The number of carbonyl (C=O) groups is 2. The molecule has 1 aromatic heterocycles. The predicted octanol–water partition coefficient (Wildman–Crippen LogP) is 8.03. The molecule has 18 heteroatoms. The number of amides is 2. The highest BCUT2D eigenvalue weighted by molar-refractivity contribution is 6.33. The summed E-state index contributed by atoms with van der Waals surface area (Å²) in [4.78, 5) is 29.2. The van der Waals surface area contributed by atoms with Crippen molar-refractivity contribution in [2.24, 2.45) is 5.73 Å². The zero-order chi connectivity index (χ0) is 34.6. The molecule has 2 atom stereocenters. The Morgan fingerprint density at radius 2 is 1.51 bits per heavy atom. The lowest BCUT2D eigenvalue weighted by Crippen LogP contribution is -2.32. The maximum atomic E-state index is 13.8. The molecule has 2 amide bonds. The Hall–Kier alpha value is -4.80. The monoisotopic (exact) mass is 691 g/mol. The van der Waals surface area contributed by atoms with Crippen LogP contribution in [0.3, 0.4) is 0 Å². The number of halogens is 10. The fourth-order valence-electron chi connectivity index (χ4n) is 5.02. The third kappa shape index (κ3) is 6.84. The second-order valence-electron chi connectivity index (χ2n) is 10.4. The molecular formula is C29H19ClF9N5O3. The first kappa shape index (κ1) is 33.6. The number of H-pyrrole nitrogens is 1. The summed E-state index contributed by atoms with van der Waals surface area (Å²) in [6.07, 6.45) is -18.0. The first-order valence-electron chi connectivity index (χ1n) is 13.2. The number of primary amides is 1. The van der Waals surface area contributed by atoms with Crippen LogP contribution in [0.4, 0.5) is 44.3 Å². The summed E-state index contributed by atoms with van der Waals surface area (Å²) < 4.78 is 127. The van der Waals surface area contributed by atoms with Gasteiger partial charge in [-0.25, -0.2) is 9.78 Å². The van der Waals surface area contributed by atoms with Crippen LogP contribution in [0.25, 0.3) is 22.5 Å². The number of aromatic nitrogens is 3. The normalized spacial score (nSPS) is 17.3. The summed E-state index contributed by atoms with van der Waals surface area (Å²) in [6, 6.07) is 6.33. The molecule has 1 aliphatic rings. The fraction of sp³-hybridized carbons (Fsp3) is 0.241. The van der Waals surface area contributed by atoms with Crippen LogP contribution in [0.15, 0.2) is 54.6 Å². The van der Waals surface area contributed by atoms with Gasteiger partial charge in [-0.2, -0.15) is 44.6 Å². The standard InChI is InChI=1S/C29H19ClF9N5O3/c1-12-22(14-6-17(28(34,35)36)10-18(7-14)29(37,38)39)47-26(46)44(12)11-15-8-16(27(31,32)33)3-4-19(15)20-9-13(2-5-21(20)30)24-41-25(23(40)45)43-42-24/h2-10,12,22H,11H2,1H3,(H2,40,45)(H,41,42,43)/t12-,22-/m0/s1. The number of rotatable bonds is 6. The molecule has 1 saturated heterocycles. The SMILES string of the molecule is C[C@H]1[C@@H](c2cc(C(F)(F)F)cc(C(F)(F)F)c2)OC(=O)N1Cc1cc(C(F)(F)F)ccc1-c1cc(-c2n[nH]c(C(N)=O)n2)ccc1Cl. The molecule has 0 unspecified atom stereocenters. The van der Waals surface area contributed by atoms with Crippen molar-refractivity contribution in [2.45, 2.75) is 44.1 Å². The van der Waals surface area contributed by atoms with E-state index in [2.05, 4.69) is 15.2 Å². The van der Waals surface area contributed by atoms with E-state index in [1.165, 1.54) is 25.1 Å². The Kier molecular flexibility index (Phi) is 8.41. The molecule has 1 aliphatic heterocycles. The van der Waals surface area contributed by atoms with Crippen molar-refractivity contribution in [1.82, 2.24) is 20.1 Å². The summed E-state index contributed by atoms with van der Waals surface area (Å²) in [5.74, 6) is -1.19. The summed E-state index contributed by atoms with van der Waals surface area (Å²) in [5, 5.41) is 6.26. The number of aromatic amines is 1. The van der Waals surface area contributed by atoms with Crippen molar-refractivity contribution in [2.75, 3.05) is 0 Å². The van der Waals surface area contributed by atoms with Crippen LogP contribution in [0.2, 0.25) is 5.02 Å². The molecule has 2 heterocycles. The Labute approximate surface area is 263 Å². The summed E-state index contributed by atoms with van der Waals surface area (Å²) in [5.41, 5.74) is 0.539. The predicted molar refractivity (Wildman–Crippen MR) is 146 cm³/mol. The Morgan fingerprint density at radius 3 is 2.06 bits per heavy atom. The van der Waals surface area contributed by atoms with E-state index in [1.54, 1.807) is 0 Å². The molecule has 8 nitrogen and oxygen atoms in total. The van der Waals surface area contributed by atoms with Crippen molar-refractivity contribution in [3.05, 3.63) is 93.3 Å². The number of carbonyl (C=O) groups excluding carboxylic acids is 2. The smallest absolute Gasteiger partial charge is 0.416 e. The average Bonchev–Trinajstić information content (AvgIpc) is 3.57. The van der Waals surface area contributed by atoms with E-state index in [9.17, 15) is 49.1 Å². The Balaban J connectivity index is 1.56. The van der Waals surface area contributed by atoms with Gasteiger partial charge in [0.2, 0.25) is 5.82 Å². The maximum Gasteiger partial charge on any atom is 0.416 e. The number of hydrogen-bond acceptors (Lipinski definition) is 5. The average molecular weight is 692 g/mol. The minimum Gasteiger partial charge on any atom is -0.439 e. The van der Waals surface area contributed by atoms with Gasteiger partial charge >= 0.3 is 24.6 Å². The van der Waals surface area contributed by atoms with Crippen molar-refractivity contribution in [3.8, 4) is 22.5 Å². The molecule has 3 aromatic carbocycles. The van der Waals surface area contributed by atoms with Gasteiger partial charge in [-0.1, -0.05) is 17.7 Å². The van der Waals surface area contributed by atoms with E-state index in [0.717, 1.165) is 23.1 Å². The Morgan fingerprint density at radius 1 is 0.894 bits per heavy atom. The zero-order valence-electron chi connectivity index (χ0n) is 23.5. The van der Waals surface area contributed by atoms with Gasteiger partial charge in [-0.3, -0.25) is 14.8 Å². The number of cyclic esters (lactones) is 1. The number of hydrogen-bond donors (Lipinski definition) is 2. The van der Waals surface area contributed by atoms with Gasteiger partial charge in [0.15, 0.2) is 5.82 Å². The number of nitrogens with one attached hydrogen (secondary N) is 1. The molecule has 47 heavy (non-hydrogen) atoms. The van der Waals surface area contributed by atoms with Crippen LogP contribution < -0.4 is 5.73 Å². The lowest BCUT2D eigenvalue weighted by Gasteiger charge is -2.24. The molecule has 0 saturated carbocycles. The number of nitrogens with two attached hydrogens (primary N) is 1. The van der Waals surface area contributed by atoms with Gasteiger partial charge in [-0.15, -0.1) is 0 Å². The highest BCUT2D eigenvalue weighted by Crippen LogP contribution is 2.43. The molecule has 0 aliphatic carbocycles. The largest absolute Gasteiger partial charge is 0.439 e. The van der Waals surface area contributed by atoms with Crippen LogP contribution in [-0.4, -0.2) is 38.1 Å². The lowest BCUT2D eigenvalue weighted by molar-refractivity contribution is -0.143. The molecule has 4 aromatic rings. The Bertz CT molecular complexity index is 1840. The summed E-state index contributed by atoms with van der Waals surface area (Å²) >= 11 is 6.42. The molecule has 0 radical (unpaired) electrons. The number of benzene rings is 3. The summed E-state index contributed by atoms with van der Waals surface area (Å²) in [6.45, 7) is 0.650. The van der Waals surface area contributed by atoms with E-state index in [-0.39, 0.29) is 45.0 Å². The second-order valence-corrected chi connectivity index (χ2v) is 10.9. The molecule has 3 N–H and O–H groups in total. The quantitative estimate of drug-likeness (QED) is 0.199. The van der Waals surface area contributed by atoms with Crippen molar-refractivity contribution in [3.63, 3.8) is 0 Å². The topological polar surface area (TPSA) is 114 Å². The van der Waals surface area contributed by atoms with Crippen molar-refractivity contribution >= 4 is 23.6 Å². The third-order valence-corrected chi connectivity index (χ3v) is 7.67. The molecule has 0 spiro atoms. The van der Waals surface area contributed by atoms with Crippen LogP contribution in [-0.2, 0) is 29.8 Å². The molecular weight excluding hydrogens is 673 g/mol. The van der Waals surface area contributed by atoms with Crippen LogP contribution >= 0.6 is 11.6 Å². The third-order valence-electron chi connectivity index (χ3n) is 7.34. The highest BCUT2D eigenvalue weighted by atomic mass is 35.5. The van der Waals surface area contributed by atoms with Gasteiger partial charge in [0.1, 0.15) is 6.10 Å². The van der Waals surface area contributed by atoms with E-state index in [1.807, 2.05) is 0 Å². The second kappa shape index (κ2) is 11.8. The number of nitrogens with zero attached hydrogens (tertiary/aromatic N) is 3. The molecule has 5 rings (SSSR count). The molecule has 0 bridgehead atoms. The molecule has 1 fully saturated rings. The van der Waals surface area contributed by atoms with Gasteiger partial charge < -0.3 is 10.5 Å². The minimum absolute atomic E-state index is 0.0101. The molecule has 248 valence electrons. The summed E-state index contributed by atoms with van der Waals surface area (Å²) in [7, 11) is 0. The van der Waals surface area contributed by atoms with E-state index < -0.39 is 71.5 Å². The van der Waals surface area contributed by atoms with Crippen molar-refractivity contribution < 1.29 is 53.8 Å². The lowest BCUT2D eigenvalue weighted by atomic mass is 9.94. The van der Waals surface area contributed by atoms with Gasteiger partial charge in [0.05, 0.1) is 29.3 Å². The van der Waals surface area contributed by atoms with Crippen LogP contribution in [0.5, 0.6) is 0 Å². The van der Waals surface area contributed by atoms with Gasteiger partial charge in [0.25, 0.3) is 5.91 Å². The van der Waals surface area contributed by atoms with E-state index >= 15 is 0 Å². The first-order chi connectivity index (χ1) is 21.7. The number of ether oxygens (including phenoxy) is 1. The van der Waals surface area contributed by atoms with Gasteiger partial charge in [0, 0.05) is 16.1 Å². The van der Waals surface area contributed by atoms with E-state index in [0.29, 0.717) is 12.1 Å². The van der Waals surface area contributed by atoms with Gasteiger partial charge in [-0.05, 0) is 72.1 Å². The minimum atomic E-state index is -5.17. The van der Waals surface area contributed by atoms with Crippen molar-refractivity contribution in [1.29, 1.82) is 0 Å². The zero-order valence-corrected chi connectivity index (χ0v) is 24.2.